The maximum Gasteiger partial charge on any atom is 0.116 e. The Morgan fingerprint density at radius 2 is 2.00 bits per heavy atom. The first-order valence-electron chi connectivity index (χ1n) is 5.37. The first kappa shape index (κ1) is 8.80. The lowest BCUT2D eigenvalue weighted by molar-refractivity contribution is 0.650. The maximum atomic E-state index is 4.23. The quantitative estimate of drug-likeness (QED) is 0.649. The van der Waals surface area contributed by atoms with Gasteiger partial charge in [0.2, 0.25) is 0 Å². The molecule has 0 spiro atoms. The number of nitrogens with zero attached hydrogens (tertiary/aromatic N) is 2. The molecule has 1 saturated heterocycles. The van der Waals surface area contributed by atoms with E-state index in [1.165, 1.54) is 5.22 Å². The molecule has 2 aliphatic heterocycles. The average Bonchev–Trinajstić information content (AvgIpc) is 2.77. The number of fused-ring (bicyclic) bond motifs is 1. The Kier molecular flexibility index (Phi) is 2.10. The molecule has 76 valence electrons. The van der Waals surface area contributed by atoms with E-state index in [1.54, 1.807) is 11.9 Å². The summed E-state index contributed by atoms with van der Waals surface area (Å²) in [5.74, 6) is 0. The van der Waals surface area contributed by atoms with Gasteiger partial charge in [-0.25, -0.2) is 9.98 Å². The molecule has 15 heavy (non-hydrogen) atoms. The molecule has 0 radical (unpaired) electrons. The van der Waals surface area contributed by atoms with Crippen LogP contribution in [0.5, 0.6) is 0 Å². The summed E-state index contributed by atoms with van der Waals surface area (Å²) in [4.78, 5) is 8.41. The largest absolute Gasteiger partial charge is 0.316 e. The highest BCUT2D eigenvalue weighted by molar-refractivity contribution is 5.67. The lowest BCUT2D eigenvalue weighted by atomic mass is 10.0. The molecule has 2 heterocycles. The van der Waals surface area contributed by atoms with Crippen molar-refractivity contribution in [3.63, 3.8) is 0 Å². The predicted octanol–water partition coefficient (Wildman–Crippen LogP) is 0.514. The van der Waals surface area contributed by atoms with Gasteiger partial charge in [0.25, 0.3) is 0 Å². The Morgan fingerprint density at radius 3 is 2.87 bits per heavy atom. The summed E-state index contributed by atoms with van der Waals surface area (Å²) in [6, 6.07) is 6.38. The minimum absolute atomic E-state index is 0.994. The summed E-state index contributed by atoms with van der Waals surface area (Å²) in [6.07, 6.45) is 3.93. The minimum atomic E-state index is 0.994. The molecule has 1 aromatic rings. The predicted molar refractivity (Wildman–Crippen MR) is 60.9 cm³/mol. The van der Waals surface area contributed by atoms with Gasteiger partial charge in [0.1, 0.15) is 6.34 Å². The van der Waals surface area contributed by atoms with Gasteiger partial charge in [-0.15, -0.1) is 0 Å². The first-order chi connectivity index (χ1) is 7.43. The van der Waals surface area contributed by atoms with Crippen LogP contribution in [0.2, 0.25) is 0 Å². The number of nitrogens with one attached hydrogen (secondary N) is 1. The molecule has 0 amide bonds. The van der Waals surface area contributed by atoms with Crippen molar-refractivity contribution in [3.05, 3.63) is 28.8 Å². The van der Waals surface area contributed by atoms with Crippen LogP contribution in [-0.4, -0.2) is 19.4 Å². The van der Waals surface area contributed by atoms with Crippen molar-refractivity contribution in [1.82, 2.24) is 5.32 Å². The van der Waals surface area contributed by atoms with Crippen LogP contribution in [0.3, 0.4) is 0 Å². The van der Waals surface area contributed by atoms with Crippen LogP contribution >= 0.6 is 0 Å². The number of hydrogen-bond acceptors (Lipinski definition) is 3. The smallest absolute Gasteiger partial charge is 0.116 e. The van der Waals surface area contributed by atoms with E-state index in [0.717, 1.165) is 37.0 Å². The number of aliphatic imine (C=N–C) groups is 1. The fourth-order valence-electron chi connectivity index (χ4n) is 2.13. The van der Waals surface area contributed by atoms with Gasteiger partial charge < -0.3 is 5.32 Å². The van der Waals surface area contributed by atoms with E-state index in [-0.39, 0.29) is 0 Å². The fourth-order valence-corrected chi connectivity index (χ4v) is 2.13. The molecule has 3 nitrogen and oxygen atoms in total. The van der Waals surface area contributed by atoms with Crippen molar-refractivity contribution < 1.29 is 0 Å². The van der Waals surface area contributed by atoms with Crippen LogP contribution in [-0.2, 0) is 0 Å². The molecule has 1 N–H and O–H groups in total. The third kappa shape index (κ3) is 1.59. The van der Waals surface area contributed by atoms with Crippen molar-refractivity contribution in [3.8, 4) is 0 Å². The van der Waals surface area contributed by atoms with Crippen LogP contribution in [0.15, 0.2) is 28.2 Å². The average molecular weight is 199 g/mol. The molecular weight excluding hydrogens is 186 g/mol. The lowest BCUT2D eigenvalue weighted by Crippen LogP contribution is -2.26. The lowest BCUT2D eigenvalue weighted by Gasteiger charge is -2.15. The zero-order valence-corrected chi connectivity index (χ0v) is 8.53. The SMILES string of the molecule is C1=Nc2cc(=C3CCNCC3)ccc2=N1. The minimum Gasteiger partial charge on any atom is -0.316 e. The number of hydrogen-bond donors (Lipinski definition) is 1. The van der Waals surface area contributed by atoms with Crippen molar-refractivity contribution in [1.29, 1.82) is 0 Å². The first-order valence-corrected chi connectivity index (χ1v) is 5.37. The second kappa shape index (κ2) is 3.59. The van der Waals surface area contributed by atoms with E-state index in [4.69, 9.17) is 0 Å². The standard InChI is InChI=1S/C12H13N3/c1-2-11-12(15-8-14-11)7-10(1)9-3-5-13-6-4-9/h1-2,7-8,13H,3-6H2. The third-order valence-corrected chi connectivity index (χ3v) is 2.98. The highest BCUT2D eigenvalue weighted by atomic mass is 14.9. The van der Waals surface area contributed by atoms with Gasteiger partial charge in [-0.3, -0.25) is 0 Å². The maximum absolute atomic E-state index is 4.23. The van der Waals surface area contributed by atoms with Gasteiger partial charge in [0.15, 0.2) is 0 Å². The van der Waals surface area contributed by atoms with Crippen molar-refractivity contribution in [2.24, 2.45) is 9.98 Å². The molecule has 1 aromatic carbocycles. The molecular formula is C12H13N3. The fraction of sp³-hybridized carbons (Fsp3) is 0.333. The Balaban J connectivity index is 2.13. The van der Waals surface area contributed by atoms with E-state index in [9.17, 15) is 0 Å². The van der Waals surface area contributed by atoms with Crippen molar-refractivity contribution >= 4 is 17.6 Å². The van der Waals surface area contributed by atoms with Crippen LogP contribution in [0, 0.1) is 0 Å². The summed E-state index contributed by atoms with van der Waals surface area (Å²) >= 11 is 0. The van der Waals surface area contributed by atoms with Crippen LogP contribution in [0.1, 0.15) is 12.8 Å². The summed E-state index contributed by atoms with van der Waals surface area (Å²) in [5.41, 5.74) is 2.55. The van der Waals surface area contributed by atoms with Crippen LogP contribution in [0.4, 0.5) is 5.69 Å². The Hall–Kier alpha value is -1.48. The molecule has 0 atom stereocenters. The van der Waals surface area contributed by atoms with E-state index in [2.05, 4.69) is 33.5 Å². The van der Waals surface area contributed by atoms with Gasteiger partial charge in [0, 0.05) is 0 Å². The highest BCUT2D eigenvalue weighted by Crippen LogP contribution is 2.11. The molecule has 0 saturated carbocycles. The van der Waals surface area contributed by atoms with E-state index in [0.29, 0.717) is 0 Å². The number of piperidine rings is 1. The molecule has 0 unspecified atom stereocenters. The molecule has 0 aromatic heterocycles. The summed E-state index contributed by atoms with van der Waals surface area (Å²) in [6.45, 7) is 2.19. The number of benzene rings is 1. The normalized spacial score (nSPS) is 18.8. The number of rotatable bonds is 0. The molecule has 0 bridgehead atoms. The molecule has 1 fully saturated rings. The highest BCUT2D eigenvalue weighted by Gasteiger charge is 2.06. The zero-order valence-electron chi connectivity index (χ0n) is 8.53. The van der Waals surface area contributed by atoms with Gasteiger partial charge in [-0.1, -0.05) is 11.6 Å². The summed E-state index contributed by atoms with van der Waals surface area (Å²) in [5, 5.41) is 5.70. The van der Waals surface area contributed by atoms with E-state index < -0.39 is 0 Å². The van der Waals surface area contributed by atoms with Crippen LogP contribution in [0.25, 0.3) is 5.57 Å². The van der Waals surface area contributed by atoms with Crippen LogP contribution < -0.4 is 15.9 Å². The topological polar surface area (TPSA) is 36.8 Å². The molecule has 3 rings (SSSR count). The molecule has 3 heteroatoms. The monoisotopic (exact) mass is 199 g/mol. The summed E-state index contributed by atoms with van der Waals surface area (Å²) < 4.78 is 0. The molecule has 2 aliphatic rings. The molecule has 0 aliphatic carbocycles. The Morgan fingerprint density at radius 1 is 1.13 bits per heavy atom. The Bertz CT molecular complexity index is 520. The third-order valence-electron chi connectivity index (χ3n) is 2.98. The van der Waals surface area contributed by atoms with Gasteiger partial charge in [-0.2, -0.15) is 0 Å². The van der Waals surface area contributed by atoms with Gasteiger partial charge in [-0.05, 0) is 43.3 Å². The second-order valence-electron chi connectivity index (χ2n) is 3.93. The van der Waals surface area contributed by atoms with Crippen molar-refractivity contribution in [2.45, 2.75) is 12.8 Å². The van der Waals surface area contributed by atoms with E-state index in [1.807, 2.05) is 0 Å². The Labute approximate surface area is 88.3 Å². The zero-order chi connectivity index (χ0) is 10.1. The van der Waals surface area contributed by atoms with Crippen molar-refractivity contribution in [2.75, 3.05) is 13.1 Å². The van der Waals surface area contributed by atoms with Gasteiger partial charge in [0.05, 0.1) is 11.0 Å². The van der Waals surface area contributed by atoms with Gasteiger partial charge >= 0.3 is 0 Å². The summed E-state index contributed by atoms with van der Waals surface area (Å²) in [7, 11) is 0. The second-order valence-corrected chi connectivity index (χ2v) is 3.93. The van der Waals surface area contributed by atoms with E-state index >= 15 is 0 Å².